The summed E-state index contributed by atoms with van der Waals surface area (Å²) in [5.41, 5.74) is -7.73. The van der Waals surface area contributed by atoms with E-state index >= 15 is 0 Å². The lowest BCUT2D eigenvalue weighted by atomic mass is 9.99. The standard InChI is InChI=1S/C17H2F10N2O2/c18-8-6(9(19)13(23)16(26)12(8)22)3-1-4(28-2-5(3)29(30)31)7-10(20)14(24)17(27)15(25)11(7)21/h1-2H. The summed E-state index contributed by atoms with van der Waals surface area (Å²) in [4.78, 5) is 12.9. The van der Waals surface area contributed by atoms with Crippen LogP contribution < -0.4 is 0 Å². The average molecular weight is 456 g/mol. The second kappa shape index (κ2) is 7.52. The van der Waals surface area contributed by atoms with Crippen molar-refractivity contribution in [3.8, 4) is 22.4 Å². The van der Waals surface area contributed by atoms with Crippen LogP contribution in [0, 0.1) is 68.3 Å². The zero-order valence-electron chi connectivity index (χ0n) is 14.1. The van der Waals surface area contributed by atoms with Crippen molar-refractivity contribution in [2.45, 2.75) is 0 Å². The molecule has 0 aliphatic rings. The van der Waals surface area contributed by atoms with Crippen molar-refractivity contribution in [2.75, 3.05) is 0 Å². The van der Waals surface area contributed by atoms with Crippen LogP contribution in [0.25, 0.3) is 22.4 Å². The van der Waals surface area contributed by atoms with E-state index in [4.69, 9.17) is 0 Å². The van der Waals surface area contributed by atoms with Gasteiger partial charge in [0.25, 0.3) is 5.69 Å². The van der Waals surface area contributed by atoms with Gasteiger partial charge in [-0.05, 0) is 6.07 Å². The minimum absolute atomic E-state index is 0.0503. The molecule has 0 spiro atoms. The van der Waals surface area contributed by atoms with Crippen LogP contribution in [0.4, 0.5) is 49.6 Å². The third-order valence-electron chi connectivity index (χ3n) is 4.02. The van der Waals surface area contributed by atoms with Crippen molar-refractivity contribution < 1.29 is 48.8 Å². The van der Waals surface area contributed by atoms with Crippen LogP contribution in [0.15, 0.2) is 12.3 Å². The van der Waals surface area contributed by atoms with Crippen LogP contribution in [-0.2, 0) is 0 Å². The Morgan fingerprint density at radius 1 is 0.613 bits per heavy atom. The molecule has 0 unspecified atom stereocenters. The van der Waals surface area contributed by atoms with E-state index in [-0.39, 0.29) is 12.3 Å². The fourth-order valence-electron chi connectivity index (χ4n) is 2.60. The van der Waals surface area contributed by atoms with Crippen LogP contribution in [0.2, 0.25) is 0 Å². The maximum atomic E-state index is 14.1. The molecule has 3 rings (SSSR count). The molecule has 0 fully saturated rings. The summed E-state index contributed by atoms with van der Waals surface area (Å²) in [6, 6.07) is 0.0503. The van der Waals surface area contributed by atoms with E-state index in [1.165, 1.54) is 0 Å². The van der Waals surface area contributed by atoms with Gasteiger partial charge in [0.15, 0.2) is 46.5 Å². The van der Waals surface area contributed by atoms with Crippen LogP contribution in [0.5, 0.6) is 0 Å². The van der Waals surface area contributed by atoms with Gasteiger partial charge in [-0.2, -0.15) is 0 Å². The first kappa shape index (κ1) is 22.0. The topological polar surface area (TPSA) is 56.0 Å². The van der Waals surface area contributed by atoms with E-state index in [0.29, 0.717) is 0 Å². The number of hydrogen-bond acceptors (Lipinski definition) is 3. The normalized spacial score (nSPS) is 11.2. The van der Waals surface area contributed by atoms with Crippen LogP contribution in [0.1, 0.15) is 0 Å². The molecule has 0 aliphatic heterocycles. The molecule has 1 aromatic heterocycles. The molecule has 1 heterocycles. The third kappa shape index (κ3) is 3.23. The SMILES string of the molecule is O=[N+]([O-])c1cnc(-c2c(F)c(F)c(F)c(F)c2F)cc1-c1c(F)c(F)c(F)c(F)c1F. The number of nitro groups is 1. The quantitative estimate of drug-likeness (QED) is 0.167. The second-order valence-corrected chi connectivity index (χ2v) is 5.73. The van der Waals surface area contributed by atoms with Gasteiger partial charge in [-0.1, -0.05) is 0 Å². The van der Waals surface area contributed by atoms with Crippen molar-refractivity contribution in [1.82, 2.24) is 4.98 Å². The zero-order chi connectivity index (χ0) is 23.4. The molecule has 31 heavy (non-hydrogen) atoms. The van der Waals surface area contributed by atoms with E-state index in [1.54, 1.807) is 0 Å². The Bertz CT molecular complexity index is 1220. The highest BCUT2D eigenvalue weighted by Gasteiger charge is 2.33. The summed E-state index contributed by atoms with van der Waals surface area (Å²) in [5.74, 6) is -25.0. The molecule has 2 aromatic carbocycles. The Labute approximate surface area is 163 Å². The molecule has 0 saturated carbocycles. The summed E-state index contributed by atoms with van der Waals surface area (Å²) in [6.07, 6.45) is 0.0841. The lowest BCUT2D eigenvalue weighted by molar-refractivity contribution is -0.384. The van der Waals surface area contributed by atoms with Gasteiger partial charge >= 0.3 is 0 Å². The van der Waals surface area contributed by atoms with Gasteiger partial charge in [-0.15, -0.1) is 0 Å². The minimum Gasteiger partial charge on any atom is -0.258 e. The van der Waals surface area contributed by atoms with Crippen molar-refractivity contribution in [3.63, 3.8) is 0 Å². The Morgan fingerprint density at radius 3 is 1.35 bits per heavy atom. The number of halogens is 10. The number of aromatic nitrogens is 1. The highest BCUT2D eigenvalue weighted by atomic mass is 19.2. The largest absolute Gasteiger partial charge is 0.295 e. The Kier molecular flexibility index (Phi) is 5.33. The molecule has 3 aromatic rings. The monoisotopic (exact) mass is 456 g/mol. The third-order valence-corrected chi connectivity index (χ3v) is 4.02. The van der Waals surface area contributed by atoms with E-state index in [1.807, 2.05) is 0 Å². The van der Waals surface area contributed by atoms with Crippen LogP contribution in [-0.4, -0.2) is 9.91 Å². The molecule has 162 valence electrons. The summed E-state index contributed by atoms with van der Waals surface area (Å²) in [7, 11) is 0. The molecule has 4 nitrogen and oxygen atoms in total. The van der Waals surface area contributed by atoms with Gasteiger partial charge < -0.3 is 0 Å². The molecule has 0 atom stereocenters. The zero-order valence-corrected chi connectivity index (χ0v) is 14.1. The highest BCUT2D eigenvalue weighted by Crippen LogP contribution is 2.39. The first-order valence-corrected chi connectivity index (χ1v) is 7.58. The summed E-state index contributed by atoms with van der Waals surface area (Å²) >= 11 is 0. The molecule has 0 N–H and O–H groups in total. The fourth-order valence-corrected chi connectivity index (χ4v) is 2.60. The summed E-state index contributed by atoms with van der Waals surface area (Å²) < 4.78 is 137. The number of benzene rings is 2. The predicted molar refractivity (Wildman–Crippen MR) is 81.3 cm³/mol. The summed E-state index contributed by atoms with van der Waals surface area (Å²) in [5, 5.41) is 11.1. The molecule has 0 radical (unpaired) electrons. The van der Waals surface area contributed by atoms with Gasteiger partial charge in [-0.25, -0.2) is 48.9 Å². The Morgan fingerprint density at radius 2 is 0.968 bits per heavy atom. The number of hydrogen-bond donors (Lipinski definition) is 0. The first-order chi connectivity index (χ1) is 14.4. The first-order valence-electron chi connectivity index (χ1n) is 7.58. The van der Waals surface area contributed by atoms with E-state index < -0.39 is 91.2 Å². The Balaban J connectivity index is 2.45. The van der Waals surface area contributed by atoms with Gasteiger partial charge in [0.1, 0.15) is 6.20 Å². The van der Waals surface area contributed by atoms with Gasteiger partial charge in [0.2, 0.25) is 11.6 Å². The number of nitrogens with zero attached hydrogens (tertiary/aromatic N) is 2. The van der Waals surface area contributed by atoms with Crippen molar-refractivity contribution in [2.24, 2.45) is 0 Å². The van der Waals surface area contributed by atoms with E-state index in [0.717, 1.165) is 0 Å². The van der Waals surface area contributed by atoms with Crippen molar-refractivity contribution in [1.29, 1.82) is 0 Å². The number of pyridine rings is 1. The fraction of sp³-hybridized carbons (Fsp3) is 0. The van der Waals surface area contributed by atoms with E-state index in [2.05, 4.69) is 4.98 Å². The maximum Gasteiger partial charge on any atom is 0.295 e. The van der Waals surface area contributed by atoms with Crippen molar-refractivity contribution in [3.05, 3.63) is 80.5 Å². The smallest absolute Gasteiger partial charge is 0.258 e. The molecular weight excluding hydrogens is 454 g/mol. The molecule has 0 saturated heterocycles. The Hall–Kier alpha value is -3.71. The van der Waals surface area contributed by atoms with Gasteiger partial charge in [0, 0.05) is 0 Å². The molecule has 0 amide bonds. The average Bonchev–Trinajstić information content (AvgIpc) is 2.73. The van der Waals surface area contributed by atoms with Crippen LogP contribution in [0.3, 0.4) is 0 Å². The predicted octanol–water partition coefficient (Wildman–Crippen LogP) is 5.71. The lowest BCUT2D eigenvalue weighted by Gasteiger charge is -2.12. The van der Waals surface area contributed by atoms with E-state index in [9.17, 15) is 54.0 Å². The number of rotatable bonds is 3. The second-order valence-electron chi connectivity index (χ2n) is 5.73. The minimum atomic E-state index is -2.60. The molecule has 0 aliphatic carbocycles. The maximum absolute atomic E-state index is 14.1. The molecule has 14 heteroatoms. The van der Waals surface area contributed by atoms with Gasteiger partial charge in [0.05, 0.1) is 27.3 Å². The van der Waals surface area contributed by atoms with Crippen molar-refractivity contribution >= 4 is 5.69 Å². The highest BCUT2D eigenvalue weighted by molar-refractivity contribution is 5.79. The van der Waals surface area contributed by atoms with Gasteiger partial charge in [-0.3, -0.25) is 10.1 Å². The molecule has 0 bridgehead atoms. The lowest BCUT2D eigenvalue weighted by Crippen LogP contribution is -2.07. The summed E-state index contributed by atoms with van der Waals surface area (Å²) in [6.45, 7) is 0. The molecular formula is C17H2F10N2O2. The van der Waals surface area contributed by atoms with Crippen LogP contribution >= 0.6 is 0 Å².